The third kappa shape index (κ3) is 1.92. The quantitative estimate of drug-likeness (QED) is 0.629. The van der Waals surface area contributed by atoms with E-state index in [4.69, 9.17) is 4.74 Å². The highest BCUT2D eigenvalue weighted by Gasteiger charge is 2.78. The Bertz CT molecular complexity index is 692. The van der Waals surface area contributed by atoms with Crippen LogP contribution in [0, 0.1) is 28.1 Å². The van der Waals surface area contributed by atoms with Crippen LogP contribution in [0.3, 0.4) is 0 Å². The molecule has 0 unspecified atom stereocenters. The van der Waals surface area contributed by atoms with Crippen LogP contribution in [-0.2, 0) is 14.3 Å². The SMILES string of the molecule is COC(=O)[C@]1(C)CCC[C@]2(O)[C@@H]1CC[C@@]13C[C@@H](CC[C@@]12C)[C@@](O)(CO)C3=O. The summed E-state index contributed by atoms with van der Waals surface area (Å²) in [6.45, 7) is 3.32. The van der Waals surface area contributed by atoms with Gasteiger partial charge in [0.05, 0.1) is 24.7 Å². The molecule has 0 heterocycles. The van der Waals surface area contributed by atoms with Crippen LogP contribution < -0.4 is 0 Å². The molecule has 152 valence electrons. The summed E-state index contributed by atoms with van der Waals surface area (Å²) in [5, 5.41) is 32.8. The van der Waals surface area contributed by atoms with Crippen molar-refractivity contribution in [1.82, 2.24) is 0 Å². The maximum Gasteiger partial charge on any atom is 0.311 e. The summed E-state index contributed by atoms with van der Waals surface area (Å²) < 4.78 is 5.10. The van der Waals surface area contributed by atoms with Gasteiger partial charge in [-0.05, 0) is 64.2 Å². The van der Waals surface area contributed by atoms with E-state index in [-0.39, 0.29) is 23.6 Å². The number of hydrogen-bond acceptors (Lipinski definition) is 6. The number of fused-ring (bicyclic) bond motifs is 3. The fraction of sp³-hybridized carbons (Fsp3) is 0.905. The van der Waals surface area contributed by atoms with Crippen LogP contribution in [0.4, 0.5) is 0 Å². The molecule has 4 fully saturated rings. The molecule has 6 heteroatoms. The number of ether oxygens (including phenoxy) is 1. The summed E-state index contributed by atoms with van der Waals surface area (Å²) in [5.74, 6) is -1.10. The van der Waals surface area contributed by atoms with Gasteiger partial charge in [-0.3, -0.25) is 9.59 Å². The molecular weight excluding hydrogens is 348 g/mol. The van der Waals surface area contributed by atoms with Gasteiger partial charge in [0, 0.05) is 16.7 Å². The van der Waals surface area contributed by atoms with Crippen LogP contribution in [0.25, 0.3) is 0 Å². The molecule has 4 aliphatic rings. The highest BCUT2D eigenvalue weighted by molar-refractivity contribution is 5.97. The normalized spacial score (nSPS) is 54.2. The number of carbonyl (C=O) groups is 2. The Hall–Kier alpha value is -0.980. The summed E-state index contributed by atoms with van der Waals surface area (Å²) in [4.78, 5) is 26.1. The van der Waals surface area contributed by atoms with Crippen molar-refractivity contribution in [2.45, 2.75) is 76.4 Å². The summed E-state index contributed by atoms with van der Waals surface area (Å²) in [7, 11) is 1.39. The largest absolute Gasteiger partial charge is 0.469 e. The molecule has 0 aromatic carbocycles. The van der Waals surface area contributed by atoms with Gasteiger partial charge in [0.2, 0.25) is 0 Å². The number of methoxy groups -OCH3 is 1. The second kappa shape index (κ2) is 5.55. The predicted octanol–water partition coefficient (Wildman–Crippen LogP) is 1.59. The van der Waals surface area contributed by atoms with E-state index in [0.29, 0.717) is 51.4 Å². The minimum Gasteiger partial charge on any atom is -0.469 e. The number of ketones is 1. The van der Waals surface area contributed by atoms with Gasteiger partial charge < -0.3 is 20.1 Å². The van der Waals surface area contributed by atoms with E-state index in [1.54, 1.807) is 0 Å². The maximum atomic E-state index is 13.5. The molecule has 4 rings (SSSR count). The average molecular weight is 380 g/mol. The van der Waals surface area contributed by atoms with Crippen LogP contribution in [0.5, 0.6) is 0 Å². The number of rotatable bonds is 2. The van der Waals surface area contributed by atoms with Crippen molar-refractivity contribution in [3.63, 3.8) is 0 Å². The van der Waals surface area contributed by atoms with E-state index in [2.05, 4.69) is 0 Å². The molecule has 27 heavy (non-hydrogen) atoms. The fourth-order valence-corrected chi connectivity index (χ4v) is 7.81. The molecule has 0 saturated heterocycles. The van der Waals surface area contributed by atoms with Crippen molar-refractivity contribution in [2.24, 2.45) is 28.1 Å². The maximum absolute atomic E-state index is 13.5. The predicted molar refractivity (Wildman–Crippen MR) is 96.6 cm³/mol. The van der Waals surface area contributed by atoms with E-state index < -0.39 is 34.1 Å². The van der Waals surface area contributed by atoms with Crippen molar-refractivity contribution in [3.8, 4) is 0 Å². The van der Waals surface area contributed by atoms with Crippen LogP contribution in [0.1, 0.15) is 65.2 Å². The number of aliphatic hydroxyl groups excluding tert-OH is 1. The van der Waals surface area contributed by atoms with Crippen LogP contribution >= 0.6 is 0 Å². The third-order valence-electron chi connectivity index (χ3n) is 9.45. The molecule has 0 amide bonds. The van der Waals surface area contributed by atoms with Gasteiger partial charge in [-0.25, -0.2) is 0 Å². The molecule has 0 aromatic heterocycles. The second-order valence-corrected chi connectivity index (χ2v) is 10.0. The molecule has 3 N–H and O–H groups in total. The van der Waals surface area contributed by atoms with Crippen molar-refractivity contribution < 1.29 is 29.6 Å². The first-order chi connectivity index (χ1) is 12.6. The summed E-state index contributed by atoms with van der Waals surface area (Å²) in [6.07, 6.45) is 4.76. The average Bonchev–Trinajstić information content (AvgIpc) is 2.83. The molecule has 4 aliphatic carbocycles. The van der Waals surface area contributed by atoms with Crippen LogP contribution in [-0.4, -0.2) is 52.0 Å². The van der Waals surface area contributed by atoms with Gasteiger partial charge in [0.25, 0.3) is 0 Å². The Morgan fingerprint density at radius 1 is 1.15 bits per heavy atom. The Morgan fingerprint density at radius 3 is 2.48 bits per heavy atom. The third-order valence-corrected chi connectivity index (χ3v) is 9.45. The first-order valence-corrected chi connectivity index (χ1v) is 10.2. The zero-order valence-electron chi connectivity index (χ0n) is 16.6. The van der Waals surface area contributed by atoms with Crippen LogP contribution in [0.2, 0.25) is 0 Å². The molecule has 4 saturated carbocycles. The molecule has 1 spiro atoms. The van der Waals surface area contributed by atoms with Gasteiger partial charge in [0.15, 0.2) is 5.78 Å². The van der Waals surface area contributed by atoms with Gasteiger partial charge in [-0.1, -0.05) is 6.92 Å². The number of aliphatic hydroxyl groups is 3. The first kappa shape index (κ1) is 19.3. The zero-order valence-corrected chi connectivity index (χ0v) is 16.6. The Balaban J connectivity index is 1.83. The topological polar surface area (TPSA) is 104 Å². The summed E-state index contributed by atoms with van der Waals surface area (Å²) in [6, 6.07) is 0. The molecule has 2 bridgehead atoms. The lowest BCUT2D eigenvalue weighted by Crippen LogP contribution is -2.70. The Kier molecular flexibility index (Phi) is 3.97. The van der Waals surface area contributed by atoms with Gasteiger partial charge in [-0.2, -0.15) is 0 Å². The Morgan fingerprint density at radius 2 is 1.85 bits per heavy atom. The van der Waals surface area contributed by atoms with Gasteiger partial charge in [0.1, 0.15) is 5.60 Å². The number of carbonyl (C=O) groups excluding carboxylic acids is 2. The standard InChI is InChI=1S/C21H32O6/c1-17(16(24)27-3)7-4-8-21(26)14(17)6-10-19-11-13(5-9-18(19,21)2)20(25,12-22)15(19)23/h13-14,22,25-26H,4-12H2,1-3H3/t13-,14-,17-,18+,19+,20+,21+/m1/s1. The number of Topliss-reactive ketones (excluding diaryl/α,β-unsaturated/α-hetero) is 1. The highest BCUT2D eigenvalue weighted by Crippen LogP contribution is 2.74. The molecule has 0 radical (unpaired) electrons. The molecule has 0 aromatic rings. The lowest BCUT2D eigenvalue weighted by molar-refractivity contribution is -0.256. The number of esters is 1. The minimum atomic E-state index is -1.69. The fourth-order valence-electron chi connectivity index (χ4n) is 7.81. The first-order valence-electron chi connectivity index (χ1n) is 10.2. The van der Waals surface area contributed by atoms with E-state index >= 15 is 0 Å². The van der Waals surface area contributed by atoms with E-state index in [0.717, 1.165) is 0 Å². The van der Waals surface area contributed by atoms with Crippen molar-refractivity contribution in [2.75, 3.05) is 13.7 Å². The van der Waals surface area contributed by atoms with Crippen molar-refractivity contribution >= 4 is 11.8 Å². The second-order valence-electron chi connectivity index (χ2n) is 10.0. The highest BCUT2D eigenvalue weighted by atomic mass is 16.5. The van der Waals surface area contributed by atoms with Gasteiger partial charge in [-0.15, -0.1) is 0 Å². The lowest BCUT2D eigenvalue weighted by atomic mass is 9.38. The summed E-state index contributed by atoms with van der Waals surface area (Å²) in [5.41, 5.74) is -5.16. The lowest BCUT2D eigenvalue weighted by Gasteiger charge is -2.66. The molecule has 7 atom stereocenters. The van der Waals surface area contributed by atoms with Crippen molar-refractivity contribution in [3.05, 3.63) is 0 Å². The number of hydrogen-bond donors (Lipinski definition) is 3. The summed E-state index contributed by atoms with van der Waals surface area (Å²) >= 11 is 0. The van der Waals surface area contributed by atoms with Crippen molar-refractivity contribution in [1.29, 1.82) is 0 Å². The monoisotopic (exact) mass is 380 g/mol. The van der Waals surface area contributed by atoms with Gasteiger partial charge >= 0.3 is 5.97 Å². The Labute approximate surface area is 160 Å². The molecular formula is C21H32O6. The van der Waals surface area contributed by atoms with E-state index in [1.165, 1.54) is 7.11 Å². The van der Waals surface area contributed by atoms with E-state index in [1.807, 2.05) is 13.8 Å². The zero-order chi connectivity index (χ0) is 19.9. The molecule has 0 aliphatic heterocycles. The minimum absolute atomic E-state index is 0.251. The smallest absolute Gasteiger partial charge is 0.311 e. The molecule has 6 nitrogen and oxygen atoms in total. The van der Waals surface area contributed by atoms with E-state index in [9.17, 15) is 24.9 Å². The van der Waals surface area contributed by atoms with Crippen LogP contribution in [0.15, 0.2) is 0 Å².